The fourth-order valence-electron chi connectivity index (χ4n) is 7.33. The van der Waals surface area contributed by atoms with Crippen molar-refractivity contribution in [2.45, 2.75) is 31.8 Å². The number of amides is 3. The number of primary amides is 1. The van der Waals surface area contributed by atoms with E-state index in [0.29, 0.717) is 35.0 Å². The number of fused-ring (bicyclic) bond motifs is 2. The Hall–Kier alpha value is -5.73. The number of rotatable bonds is 9. The van der Waals surface area contributed by atoms with Gasteiger partial charge in [0.05, 0.1) is 28.3 Å². The standard InChI is InChI=1S/C37H38ClN11O3/c1-40-30-19-33(45-49-32(35(39)51)20-42-36(30)49)48-12-10-25-24(3-2-4-31(25)48)29-17-22(9-11-41-29)21-46-13-15-47(16-14-46)23-5-6-27(26(38)18-23)43-28-7-8-34(50)44-37(28)52/h2-6,9,11,17-20,28,40,43H,7-8,10,12-16,21H2,1H3,(H2,39,51)(H,44,50,52). The van der Waals surface area contributed by atoms with Crippen LogP contribution in [0.25, 0.3) is 16.9 Å². The summed E-state index contributed by atoms with van der Waals surface area (Å²) in [4.78, 5) is 51.8. The van der Waals surface area contributed by atoms with Gasteiger partial charge in [0.15, 0.2) is 11.5 Å². The molecule has 8 rings (SSSR count). The molecule has 3 amide bonds. The highest BCUT2D eigenvalue weighted by Gasteiger charge is 2.28. The Labute approximate surface area is 304 Å². The lowest BCUT2D eigenvalue weighted by molar-refractivity contribution is -0.133. The van der Waals surface area contributed by atoms with Crippen LogP contribution in [0, 0.1) is 0 Å². The number of imide groups is 1. The molecular weight excluding hydrogens is 682 g/mol. The molecule has 0 spiro atoms. The van der Waals surface area contributed by atoms with Crippen LogP contribution >= 0.6 is 11.6 Å². The van der Waals surface area contributed by atoms with Gasteiger partial charge in [0, 0.05) is 81.9 Å². The average molecular weight is 720 g/mol. The van der Waals surface area contributed by atoms with Gasteiger partial charge in [-0.15, -0.1) is 5.10 Å². The second-order valence-corrected chi connectivity index (χ2v) is 13.6. The molecule has 266 valence electrons. The quantitative estimate of drug-likeness (QED) is 0.164. The highest BCUT2D eigenvalue weighted by atomic mass is 35.5. The molecule has 52 heavy (non-hydrogen) atoms. The molecule has 5 N–H and O–H groups in total. The number of carbonyl (C=O) groups is 3. The summed E-state index contributed by atoms with van der Waals surface area (Å²) < 4.78 is 1.51. The molecular formula is C37H38ClN11O3. The minimum atomic E-state index is -0.589. The summed E-state index contributed by atoms with van der Waals surface area (Å²) in [5.74, 6) is -0.465. The Balaban J connectivity index is 0.938. The monoisotopic (exact) mass is 719 g/mol. The summed E-state index contributed by atoms with van der Waals surface area (Å²) in [6.07, 6.45) is 4.90. The van der Waals surface area contributed by atoms with Crippen molar-refractivity contribution in [3.63, 3.8) is 0 Å². The summed E-state index contributed by atoms with van der Waals surface area (Å²) in [7, 11) is 1.81. The maximum absolute atomic E-state index is 12.2. The number of piperidine rings is 1. The number of imidazole rings is 1. The van der Waals surface area contributed by atoms with Gasteiger partial charge in [0.25, 0.3) is 5.91 Å². The summed E-state index contributed by atoms with van der Waals surface area (Å²) in [6.45, 7) is 5.02. The SMILES string of the molecule is CNc1cc(N2CCc3c(-c4cc(CN5CCN(c6ccc(NC7CCC(=O)NC7=O)c(Cl)c6)CC5)ccn4)cccc32)nn2c(C(N)=O)cnc12. The molecule has 14 nitrogen and oxygen atoms in total. The van der Waals surface area contributed by atoms with Gasteiger partial charge in [0.2, 0.25) is 11.8 Å². The van der Waals surface area contributed by atoms with Crippen LogP contribution in [0.1, 0.15) is 34.5 Å². The molecule has 1 unspecified atom stereocenters. The van der Waals surface area contributed by atoms with Crippen LogP contribution in [0.5, 0.6) is 0 Å². The fraction of sp³-hybridized carbons (Fsp3) is 0.297. The van der Waals surface area contributed by atoms with Crippen molar-refractivity contribution >= 4 is 63.5 Å². The van der Waals surface area contributed by atoms with Crippen LogP contribution in [0.4, 0.5) is 28.6 Å². The number of anilines is 5. The lowest BCUT2D eigenvalue weighted by Crippen LogP contribution is -2.47. The van der Waals surface area contributed by atoms with Crippen LogP contribution in [-0.2, 0) is 22.6 Å². The minimum Gasteiger partial charge on any atom is -0.385 e. The Morgan fingerprint density at radius 1 is 1.00 bits per heavy atom. The second kappa shape index (κ2) is 13.8. The number of nitrogens with zero attached hydrogens (tertiary/aromatic N) is 7. The fourth-order valence-corrected chi connectivity index (χ4v) is 7.56. The summed E-state index contributed by atoms with van der Waals surface area (Å²) in [6, 6.07) is 17.9. The van der Waals surface area contributed by atoms with E-state index in [9.17, 15) is 14.4 Å². The predicted molar refractivity (Wildman–Crippen MR) is 200 cm³/mol. The predicted octanol–water partition coefficient (Wildman–Crippen LogP) is 3.82. The van der Waals surface area contributed by atoms with Crippen molar-refractivity contribution in [2.75, 3.05) is 60.2 Å². The molecule has 0 radical (unpaired) electrons. The van der Waals surface area contributed by atoms with Crippen molar-refractivity contribution in [2.24, 2.45) is 5.73 Å². The number of nitrogens with two attached hydrogens (primary N) is 1. The molecule has 0 bridgehead atoms. The molecule has 2 aromatic carbocycles. The van der Waals surface area contributed by atoms with E-state index >= 15 is 0 Å². The lowest BCUT2D eigenvalue weighted by Gasteiger charge is -2.36. The number of hydrogen-bond donors (Lipinski definition) is 4. The Morgan fingerprint density at radius 2 is 1.85 bits per heavy atom. The Kier molecular flexibility index (Phi) is 8.85. The van der Waals surface area contributed by atoms with Gasteiger partial charge in [-0.25, -0.2) is 9.50 Å². The van der Waals surface area contributed by atoms with Crippen LogP contribution in [-0.4, -0.2) is 88.0 Å². The van der Waals surface area contributed by atoms with E-state index in [-0.39, 0.29) is 17.5 Å². The second-order valence-electron chi connectivity index (χ2n) is 13.2. The zero-order chi connectivity index (χ0) is 35.9. The zero-order valence-corrected chi connectivity index (χ0v) is 29.4. The van der Waals surface area contributed by atoms with E-state index in [1.807, 2.05) is 43.6 Å². The third kappa shape index (κ3) is 6.35. The number of halogens is 1. The van der Waals surface area contributed by atoms with Gasteiger partial charge in [-0.3, -0.25) is 29.6 Å². The van der Waals surface area contributed by atoms with Crippen LogP contribution < -0.4 is 31.5 Å². The van der Waals surface area contributed by atoms with Crippen LogP contribution in [0.15, 0.2) is 67.0 Å². The molecule has 2 fully saturated rings. The van der Waals surface area contributed by atoms with Gasteiger partial charge in [0.1, 0.15) is 11.7 Å². The highest BCUT2D eigenvalue weighted by Crippen LogP contribution is 2.40. The number of hydrogen-bond acceptors (Lipinski definition) is 11. The van der Waals surface area contributed by atoms with Gasteiger partial charge in [-0.05, 0) is 60.4 Å². The van der Waals surface area contributed by atoms with Crippen molar-refractivity contribution in [1.29, 1.82) is 0 Å². The molecule has 15 heteroatoms. The number of piperazine rings is 1. The van der Waals surface area contributed by atoms with E-state index < -0.39 is 11.9 Å². The van der Waals surface area contributed by atoms with Crippen molar-refractivity contribution in [3.8, 4) is 11.3 Å². The molecule has 3 aromatic heterocycles. The number of nitrogens with one attached hydrogen (secondary N) is 3. The van der Waals surface area contributed by atoms with Crippen molar-refractivity contribution < 1.29 is 14.4 Å². The molecule has 1 atom stereocenters. The van der Waals surface area contributed by atoms with E-state index in [1.54, 1.807) is 0 Å². The zero-order valence-electron chi connectivity index (χ0n) is 28.6. The average Bonchev–Trinajstić information content (AvgIpc) is 3.79. The first-order valence-corrected chi connectivity index (χ1v) is 17.7. The first-order valence-electron chi connectivity index (χ1n) is 17.3. The molecule has 3 aliphatic rings. The third-order valence-corrected chi connectivity index (χ3v) is 10.4. The Bertz CT molecular complexity index is 2210. The maximum Gasteiger partial charge on any atom is 0.269 e. The molecule has 3 aliphatic heterocycles. The van der Waals surface area contributed by atoms with Gasteiger partial charge in [-0.2, -0.15) is 0 Å². The van der Waals surface area contributed by atoms with E-state index in [2.05, 4.69) is 59.9 Å². The van der Waals surface area contributed by atoms with E-state index in [1.165, 1.54) is 21.8 Å². The molecule has 5 aromatic rings. The molecule has 2 saturated heterocycles. The van der Waals surface area contributed by atoms with Gasteiger partial charge >= 0.3 is 0 Å². The van der Waals surface area contributed by atoms with Gasteiger partial charge in [-0.1, -0.05) is 23.7 Å². The minimum absolute atomic E-state index is 0.226. The van der Waals surface area contributed by atoms with Crippen LogP contribution in [0.2, 0.25) is 5.02 Å². The van der Waals surface area contributed by atoms with Crippen molar-refractivity contribution in [3.05, 3.63) is 88.8 Å². The normalized spacial score (nSPS) is 17.7. The molecule has 0 aliphatic carbocycles. The summed E-state index contributed by atoms with van der Waals surface area (Å²) in [5, 5.41) is 14.0. The number of pyridine rings is 1. The lowest BCUT2D eigenvalue weighted by atomic mass is 10.0. The summed E-state index contributed by atoms with van der Waals surface area (Å²) >= 11 is 6.63. The van der Waals surface area contributed by atoms with E-state index in [0.717, 1.165) is 74.0 Å². The first kappa shape index (κ1) is 33.4. The molecule has 6 heterocycles. The van der Waals surface area contributed by atoms with E-state index in [4.69, 9.17) is 27.4 Å². The number of benzene rings is 2. The summed E-state index contributed by atoms with van der Waals surface area (Å²) in [5.41, 5.74) is 14.3. The molecule has 0 saturated carbocycles. The topological polar surface area (TPSA) is 166 Å². The maximum atomic E-state index is 12.2. The third-order valence-electron chi connectivity index (χ3n) is 10.0. The number of aromatic nitrogens is 4. The first-order chi connectivity index (χ1) is 25.2. The smallest absolute Gasteiger partial charge is 0.269 e. The Morgan fingerprint density at radius 3 is 2.62 bits per heavy atom. The number of carbonyl (C=O) groups excluding carboxylic acids is 3. The largest absolute Gasteiger partial charge is 0.385 e. The highest BCUT2D eigenvalue weighted by molar-refractivity contribution is 6.33. The van der Waals surface area contributed by atoms with Crippen molar-refractivity contribution in [1.82, 2.24) is 29.8 Å². The van der Waals surface area contributed by atoms with Crippen LogP contribution in [0.3, 0.4) is 0 Å². The van der Waals surface area contributed by atoms with Gasteiger partial charge < -0.3 is 26.2 Å².